The van der Waals surface area contributed by atoms with E-state index in [1.807, 2.05) is 55.5 Å². The maximum absolute atomic E-state index is 10.9. The molecule has 0 saturated carbocycles. The Morgan fingerprint density at radius 2 is 1.48 bits per heavy atom. The second kappa shape index (κ2) is 8.07. The van der Waals surface area contributed by atoms with Crippen LogP contribution in [0.5, 0.6) is 5.88 Å². The van der Waals surface area contributed by atoms with Crippen molar-refractivity contribution in [3.05, 3.63) is 86.9 Å². The van der Waals surface area contributed by atoms with Gasteiger partial charge in [0.2, 0.25) is 5.88 Å². The van der Waals surface area contributed by atoms with Crippen LogP contribution >= 0.6 is 34.8 Å². The van der Waals surface area contributed by atoms with Gasteiger partial charge in [0.25, 0.3) is 0 Å². The molecule has 7 heteroatoms. The Kier molecular flexibility index (Phi) is 5.50. The lowest BCUT2D eigenvalue weighted by Gasteiger charge is -2.07. The first-order chi connectivity index (χ1) is 13.9. The number of hydrogen-bond donors (Lipinski definition) is 1. The number of aryl methyl sites for hydroxylation is 1. The summed E-state index contributed by atoms with van der Waals surface area (Å²) in [4.78, 5) is 0. The third-order valence-electron chi connectivity index (χ3n) is 4.61. The fraction of sp³-hybridized carbons (Fsp3) is 0.0909. The fourth-order valence-electron chi connectivity index (χ4n) is 3.14. The van der Waals surface area contributed by atoms with E-state index >= 15 is 0 Å². The first-order valence-corrected chi connectivity index (χ1v) is 9.99. The minimum Gasteiger partial charge on any atom is -0.493 e. The van der Waals surface area contributed by atoms with Crippen molar-refractivity contribution in [2.75, 3.05) is 0 Å². The largest absolute Gasteiger partial charge is 0.493 e. The van der Waals surface area contributed by atoms with Crippen molar-refractivity contribution in [3.63, 3.8) is 0 Å². The van der Waals surface area contributed by atoms with Gasteiger partial charge in [0.1, 0.15) is 5.69 Å². The molecule has 1 aromatic heterocycles. The highest BCUT2D eigenvalue weighted by Gasteiger charge is 2.17. The number of azo groups is 1. The van der Waals surface area contributed by atoms with E-state index in [0.717, 1.165) is 16.5 Å². The molecule has 1 heterocycles. The van der Waals surface area contributed by atoms with Crippen LogP contribution in [0, 0.1) is 6.92 Å². The zero-order chi connectivity index (χ0) is 20.5. The summed E-state index contributed by atoms with van der Waals surface area (Å²) in [6, 6.07) is 18.9. The molecule has 0 spiro atoms. The molecule has 146 valence electrons. The Morgan fingerprint density at radius 3 is 2.17 bits per heavy atom. The molecule has 0 aliphatic heterocycles. The predicted molar refractivity (Wildman–Crippen MR) is 120 cm³/mol. The van der Waals surface area contributed by atoms with Crippen molar-refractivity contribution in [3.8, 4) is 5.88 Å². The zero-order valence-corrected chi connectivity index (χ0v) is 17.7. The lowest BCUT2D eigenvalue weighted by Crippen LogP contribution is -1.98. The Morgan fingerprint density at radius 1 is 0.862 bits per heavy atom. The molecule has 0 unspecified atom stereocenters. The summed E-state index contributed by atoms with van der Waals surface area (Å²) >= 11 is 18.3. The number of aromatic nitrogens is 1. The van der Waals surface area contributed by atoms with Crippen LogP contribution in [0.15, 0.2) is 70.9 Å². The molecule has 0 atom stereocenters. The maximum atomic E-state index is 10.9. The maximum Gasteiger partial charge on any atom is 0.221 e. The average Bonchev–Trinajstić information content (AvgIpc) is 2.94. The summed E-state index contributed by atoms with van der Waals surface area (Å²) < 4.78 is 1.80. The number of rotatable bonds is 4. The number of nitrogens with zero attached hydrogens (tertiary/aromatic N) is 3. The van der Waals surface area contributed by atoms with E-state index in [4.69, 9.17) is 34.8 Å². The zero-order valence-electron chi connectivity index (χ0n) is 15.4. The van der Waals surface area contributed by atoms with E-state index in [9.17, 15) is 5.11 Å². The van der Waals surface area contributed by atoms with Gasteiger partial charge in [0.05, 0.1) is 22.1 Å². The molecule has 0 aliphatic carbocycles. The normalized spacial score (nSPS) is 11.6. The van der Waals surface area contributed by atoms with Crippen molar-refractivity contribution < 1.29 is 5.11 Å². The monoisotopic (exact) mass is 443 g/mol. The molecular weight excluding hydrogens is 429 g/mol. The molecule has 0 bridgehead atoms. The van der Waals surface area contributed by atoms with Crippen LogP contribution in [0.4, 0.5) is 11.4 Å². The highest BCUT2D eigenvalue weighted by atomic mass is 35.5. The van der Waals surface area contributed by atoms with Crippen LogP contribution < -0.4 is 0 Å². The van der Waals surface area contributed by atoms with E-state index in [2.05, 4.69) is 10.2 Å². The SMILES string of the molecule is Cc1ccc(Cn2c(O)c(N=Nc3c(Cl)cc(Cl)cc3Cl)c3ccccc32)cc1. The van der Waals surface area contributed by atoms with Gasteiger partial charge in [-0.25, -0.2) is 0 Å². The number of para-hydroxylation sites is 1. The van der Waals surface area contributed by atoms with Gasteiger partial charge in [-0.1, -0.05) is 82.8 Å². The second-order valence-electron chi connectivity index (χ2n) is 6.68. The highest BCUT2D eigenvalue weighted by molar-refractivity contribution is 6.41. The molecule has 0 amide bonds. The number of aromatic hydroxyl groups is 1. The summed E-state index contributed by atoms with van der Waals surface area (Å²) in [5, 5.41) is 21.1. The van der Waals surface area contributed by atoms with E-state index in [1.54, 1.807) is 16.7 Å². The second-order valence-corrected chi connectivity index (χ2v) is 7.93. The van der Waals surface area contributed by atoms with Crippen molar-refractivity contribution in [1.82, 2.24) is 4.57 Å². The Hall–Kier alpha value is -2.53. The summed E-state index contributed by atoms with van der Waals surface area (Å²) in [6.45, 7) is 2.54. The topological polar surface area (TPSA) is 49.9 Å². The van der Waals surface area contributed by atoms with Crippen LogP contribution in [0.1, 0.15) is 11.1 Å². The van der Waals surface area contributed by atoms with Gasteiger partial charge in [-0.3, -0.25) is 0 Å². The molecule has 4 rings (SSSR count). The van der Waals surface area contributed by atoms with Gasteiger partial charge in [-0.2, -0.15) is 0 Å². The lowest BCUT2D eigenvalue weighted by atomic mass is 10.1. The van der Waals surface area contributed by atoms with Crippen LogP contribution in [-0.2, 0) is 6.54 Å². The number of fused-ring (bicyclic) bond motifs is 1. The highest BCUT2D eigenvalue weighted by Crippen LogP contribution is 2.42. The average molecular weight is 445 g/mol. The Balaban J connectivity index is 1.80. The summed E-state index contributed by atoms with van der Waals surface area (Å²) in [5.41, 5.74) is 3.76. The molecule has 4 nitrogen and oxygen atoms in total. The third-order valence-corrected chi connectivity index (χ3v) is 5.40. The number of hydrogen-bond acceptors (Lipinski definition) is 3. The van der Waals surface area contributed by atoms with Crippen molar-refractivity contribution in [1.29, 1.82) is 0 Å². The molecule has 0 radical (unpaired) electrons. The van der Waals surface area contributed by atoms with E-state index < -0.39 is 0 Å². The summed E-state index contributed by atoms with van der Waals surface area (Å²) in [7, 11) is 0. The van der Waals surface area contributed by atoms with Gasteiger partial charge in [-0.15, -0.1) is 10.2 Å². The van der Waals surface area contributed by atoms with E-state index in [1.165, 1.54) is 5.56 Å². The standard InChI is InChI=1S/C22H16Cl3N3O/c1-13-6-8-14(9-7-13)12-28-19-5-3-2-4-16(19)20(22(28)29)26-27-21-17(24)10-15(23)11-18(21)25/h2-11,29H,12H2,1H3. The molecule has 4 aromatic rings. The number of halogens is 3. The van der Waals surface area contributed by atoms with Gasteiger partial charge in [0, 0.05) is 10.4 Å². The first kappa shape index (κ1) is 19.8. The van der Waals surface area contributed by atoms with Gasteiger partial charge >= 0.3 is 0 Å². The summed E-state index contributed by atoms with van der Waals surface area (Å²) in [5.74, 6) is 0.0248. The molecule has 29 heavy (non-hydrogen) atoms. The van der Waals surface area contributed by atoms with Crippen molar-refractivity contribution >= 4 is 57.1 Å². The van der Waals surface area contributed by atoms with E-state index in [0.29, 0.717) is 22.9 Å². The molecule has 3 aromatic carbocycles. The lowest BCUT2D eigenvalue weighted by molar-refractivity contribution is 0.429. The van der Waals surface area contributed by atoms with Crippen LogP contribution in [0.25, 0.3) is 10.9 Å². The van der Waals surface area contributed by atoms with Crippen LogP contribution in [0.2, 0.25) is 15.1 Å². The molecule has 0 saturated heterocycles. The van der Waals surface area contributed by atoms with Gasteiger partial charge in [0.15, 0.2) is 5.69 Å². The van der Waals surface area contributed by atoms with Crippen LogP contribution in [-0.4, -0.2) is 9.67 Å². The van der Waals surface area contributed by atoms with Crippen LogP contribution in [0.3, 0.4) is 0 Å². The van der Waals surface area contributed by atoms with Crippen molar-refractivity contribution in [2.45, 2.75) is 13.5 Å². The minimum absolute atomic E-state index is 0.0248. The Labute approximate surface area is 183 Å². The molecule has 0 aliphatic rings. The van der Waals surface area contributed by atoms with E-state index in [-0.39, 0.29) is 15.9 Å². The van der Waals surface area contributed by atoms with Gasteiger partial charge < -0.3 is 9.67 Å². The fourth-order valence-corrected chi connectivity index (χ4v) is 4.03. The van der Waals surface area contributed by atoms with Crippen molar-refractivity contribution in [2.24, 2.45) is 10.2 Å². The molecular formula is C22H16Cl3N3O. The minimum atomic E-state index is 0.0248. The first-order valence-electron chi connectivity index (χ1n) is 8.86. The summed E-state index contributed by atoms with van der Waals surface area (Å²) in [6.07, 6.45) is 0. The third kappa shape index (κ3) is 3.97. The quantitative estimate of drug-likeness (QED) is 0.318. The predicted octanol–water partition coefficient (Wildman–Crippen LogP) is 8.08. The molecule has 0 fully saturated rings. The smallest absolute Gasteiger partial charge is 0.221 e. The van der Waals surface area contributed by atoms with Gasteiger partial charge in [-0.05, 0) is 30.7 Å². The Bertz CT molecular complexity index is 1210. The number of benzene rings is 3. The molecule has 1 N–H and O–H groups in total.